The summed E-state index contributed by atoms with van der Waals surface area (Å²) in [6.45, 7) is -0.812. The molecule has 2 atom stereocenters. The summed E-state index contributed by atoms with van der Waals surface area (Å²) in [5.74, 6) is -4.55. The fraction of sp³-hybridized carbons (Fsp3) is 0.542. The molecule has 2 aliphatic rings. The van der Waals surface area contributed by atoms with E-state index in [0.29, 0.717) is 5.56 Å². The Morgan fingerprint density at radius 1 is 1.29 bits per heavy atom. The molecule has 0 bridgehead atoms. The largest absolute Gasteiger partial charge is 0.515 e. The van der Waals surface area contributed by atoms with Gasteiger partial charge in [0.25, 0.3) is 5.91 Å². The third kappa shape index (κ3) is 7.05. The first-order chi connectivity index (χ1) is 19.2. The zero-order valence-electron chi connectivity index (χ0n) is 21.3. The van der Waals surface area contributed by atoms with E-state index in [-0.39, 0.29) is 37.0 Å². The van der Waals surface area contributed by atoms with E-state index in [1.165, 1.54) is 23.0 Å². The summed E-state index contributed by atoms with van der Waals surface area (Å²) in [5, 5.41) is 25.7. The van der Waals surface area contributed by atoms with Crippen molar-refractivity contribution in [2.75, 3.05) is 6.54 Å². The van der Waals surface area contributed by atoms with Crippen LogP contribution in [0.2, 0.25) is 0 Å². The van der Waals surface area contributed by atoms with Crippen molar-refractivity contribution in [2.24, 2.45) is 5.92 Å². The van der Waals surface area contributed by atoms with Crippen LogP contribution in [0.25, 0.3) is 5.65 Å². The molecule has 2 aromatic heterocycles. The average Bonchev–Trinajstić information content (AvgIpc) is 3.46. The first kappa shape index (κ1) is 30.0. The number of nitrogens with one attached hydrogen (secondary N) is 3. The molecule has 1 saturated heterocycles. The van der Waals surface area contributed by atoms with Crippen molar-refractivity contribution in [2.45, 2.75) is 69.3 Å². The molecule has 17 heteroatoms. The second-order valence-electron chi connectivity index (χ2n) is 10.0. The monoisotopic (exact) mass is 593 g/mol. The second-order valence-corrected chi connectivity index (χ2v) is 10.0. The van der Waals surface area contributed by atoms with E-state index >= 15 is 0 Å². The van der Waals surface area contributed by atoms with Crippen molar-refractivity contribution >= 4 is 23.3 Å². The molecule has 41 heavy (non-hydrogen) atoms. The quantitative estimate of drug-likeness (QED) is 0.149. The van der Waals surface area contributed by atoms with Gasteiger partial charge in [0.2, 0.25) is 12.3 Å². The van der Waals surface area contributed by atoms with Gasteiger partial charge in [0.15, 0.2) is 5.65 Å². The van der Waals surface area contributed by atoms with Crippen LogP contribution >= 0.6 is 0 Å². The van der Waals surface area contributed by atoms with Crippen LogP contribution in [0.1, 0.15) is 49.4 Å². The molecule has 2 aromatic rings. The van der Waals surface area contributed by atoms with Crippen LogP contribution in [0.5, 0.6) is 0 Å². The zero-order valence-corrected chi connectivity index (χ0v) is 21.3. The smallest absolute Gasteiger partial charge is 0.410 e. The summed E-state index contributed by atoms with van der Waals surface area (Å²) in [7, 11) is 0. The van der Waals surface area contributed by atoms with Crippen LogP contribution in [-0.2, 0) is 11.3 Å². The van der Waals surface area contributed by atoms with Gasteiger partial charge in [0.1, 0.15) is 6.04 Å². The molecule has 2 fully saturated rings. The number of hydrogen-bond acceptors (Lipinski definition) is 6. The highest BCUT2D eigenvalue weighted by atomic mass is 19.4. The van der Waals surface area contributed by atoms with Crippen molar-refractivity contribution in [3.8, 4) is 0 Å². The Balaban J connectivity index is 1.58. The molecule has 10 nitrogen and oxygen atoms in total. The molecule has 4 rings (SSSR count). The molecule has 1 saturated carbocycles. The Bertz CT molecular complexity index is 1330. The predicted molar refractivity (Wildman–Crippen MR) is 129 cm³/mol. The lowest BCUT2D eigenvalue weighted by atomic mass is 9.81. The van der Waals surface area contributed by atoms with Crippen molar-refractivity contribution < 1.29 is 45.4 Å². The van der Waals surface area contributed by atoms with E-state index in [0.717, 1.165) is 4.90 Å². The molecule has 4 N–H and O–H groups in total. The highest BCUT2D eigenvalue weighted by molar-refractivity contribution is 6.20. The summed E-state index contributed by atoms with van der Waals surface area (Å²) in [6, 6.07) is -2.50. The van der Waals surface area contributed by atoms with Crippen molar-refractivity contribution in [1.82, 2.24) is 30.1 Å². The third-order valence-electron chi connectivity index (χ3n) is 7.05. The van der Waals surface area contributed by atoms with Gasteiger partial charge in [-0.1, -0.05) is 0 Å². The fourth-order valence-electron chi connectivity index (χ4n) is 4.89. The van der Waals surface area contributed by atoms with Gasteiger partial charge in [0, 0.05) is 19.4 Å². The summed E-state index contributed by atoms with van der Waals surface area (Å²) >= 11 is 0. The second kappa shape index (κ2) is 11.5. The minimum atomic E-state index is -4.61. The number of fused-ring (bicyclic) bond motifs is 1. The van der Waals surface area contributed by atoms with Crippen LogP contribution in [-0.4, -0.2) is 73.4 Å². The maximum absolute atomic E-state index is 13.9. The predicted octanol–water partition coefficient (Wildman–Crippen LogP) is 4.29. The number of imidazole rings is 1. The van der Waals surface area contributed by atoms with Gasteiger partial charge in [-0.3, -0.25) is 4.79 Å². The number of carbonyl (C=O) groups is 2. The maximum Gasteiger partial charge on any atom is 0.410 e. The lowest BCUT2D eigenvalue weighted by Crippen LogP contribution is -2.40. The first-order valence-electron chi connectivity index (χ1n) is 12.5. The lowest BCUT2D eigenvalue weighted by molar-refractivity contribution is -0.149. The maximum atomic E-state index is 13.9. The average molecular weight is 594 g/mol. The molecule has 0 unspecified atom stereocenters. The number of aliphatic hydroxyl groups excluding tert-OH is 1. The molecule has 1 aliphatic carbocycles. The number of carbonyl (C=O) groups excluding carboxylic acids is 2. The summed E-state index contributed by atoms with van der Waals surface area (Å²) in [6.07, 6.45) is -6.74. The van der Waals surface area contributed by atoms with Crippen molar-refractivity contribution in [1.29, 1.82) is 5.41 Å². The van der Waals surface area contributed by atoms with Crippen LogP contribution in [0, 0.1) is 11.3 Å². The van der Waals surface area contributed by atoms with E-state index in [1.807, 2.05) is 5.32 Å². The Morgan fingerprint density at radius 3 is 2.56 bits per heavy atom. The summed E-state index contributed by atoms with van der Waals surface area (Å²) in [5.41, 5.74) is -0.868. The van der Waals surface area contributed by atoms with Gasteiger partial charge in [-0.25, -0.2) is 31.9 Å². The van der Waals surface area contributed by atoms with Gasteiger partial charge < -0.3 is 26.0 Å². The number of nitrogens with zero attached hydrogens (tertiary/aromatic N) is 4. The molecular formula is C24H26F7N7O3. The van der Waals surface area contributed by atoms with Crippen LogP contribution in [0.15, 0.2) is 30.3 Å². The highest BCUT2D eigenvalue weighted by Gasteiger charge is 2.47. The molecular weight excluding hydrogens is 567 g/mol. The lowest BCUT2D eigenvalue weighted by Gasteiger charge is -2.33. The van der Waals surface area contributed by atoms with E-state index in [4.69, 9.17) is 5.41 Å². The Labute approximate surface area is 228 Å². The van der Waals surface area contributed by atoms with Crippen LogP contribution in [0.3, 0.4) is 0 Å². The fourth-order valence-corrected chi connectivity index (χ4v) is 4.89. The van der Waals surface area contributed by atoms with Gasteiger partial charge in [-0.05, 0) is 30.4 Å². The summed E-state index contributed by atoms with van der Waals surface area (Å²) < 4.78 is 93.5. The molecule has 3 heterocycles. The first-order valence-corrected chi connectivity index (χ1v) is 12.5. The van der Waals surface area contributed by atoms with Gasteiger partial charge in [-0.15, -0.1) is 0 Å². The number of urea groups is 1. The van der Waals surface area contributed by atoms with Crippen molar-refractivity contribution in [3.63, 3.8) is 0 Å². The molecule has 0 spiro atoms. The van der Waals surface area contributed by atoms with Gasteiger partial charge in [-0.2, -0.15) is 18.3 Å². The standard InChI is InChI=1S/C24H26F7N7O3/c25-18(26)6-15(32)14(11-39)21(40)36-20(13-1-3-23(27,28)4-2-13)16-9-38-19(34-16)5-12(7-33-38)8-37-10-17(24(29,30)31)35-22(37)41/h5,7,9,11,13,17-18,20,32,39H,1-4,6,8,10H2,(H,35,41)(H,36,40)/b14-11+,32-15?/t17-,20-/m0/s1. The van der Waals surface area contributed by atoms with Crippen LogP contribution in [0.4, 0.5) is 35.5 Å². The zero-order chi connectivity index (χ0) is 30.1. The number of alkyl halides is 7. The van der Waals surface area contributed by atoms with Crippen LogP contribution < -0.4 is 10.6 Å². The topological polar surface area (TPSA) is 136 Å². The number of rotatable bonds is 9. The number of halogens is 7. The van der Waals surface area contributed by atoms with Gasteiger partial charge >= 0.3 is 12.2 Å². The van der Waals surface area contributed by atoms with E-state index < -0.39 is 85.6 Å². The minimum Gasteiger partial charge on any atom is -0.515 e. The Hall–Kier alpha value is -3.92. The molecule has 1 aliphatic heterocycles. The number of amides is 3. The molecule has 0 radical (unpaired) electrons. The number of hydrogen-bond donors (Lipinski definition) is 4. The van der Waals surface area contributed by atoms with E-state index in [9.17, 15) is 45.4 Å². The van der Waals surface area contributed by atoms with E-state index in [1.54, 1.807) is 0 Å². The number of aromatic nitrogens is 3. The van der Waals surface area contributed by atoms with Gasteiger partial charge in [0.05, 0.1) is 54.6 Å². The third-order valence-corrected chi connectivity index (χ3v) is 7.05. The number of aliphatic hydroxyl groups is 1. The van der Waals surface area contributed by atoms with Crippen molar-refractivity contribution in [3.05, 3.63) is 41.6 Å². The Kier molecular flexibility index (Phi) is 8.44. The normalized spacial score (nSPS) is 20.9. The Morgan fingerprint density at radius 2 is 1.98 bits per heavy atom. The highest BCUT2D eigenvalue weighted by Crippen LogP contribution is 2.41. The minimum absolute atomic E-state index is 0.0262. The SMILES string of the molecule is N=C(CC(F)F)/C(=C\O)C(=O)N[C@H](c1cn2ncc(CN3C[C@@H](C(F)(F)F)NC3=O)cc2n1)C1CCC(F)(F)CC1. The molecule has 224 valence electrons. The summed E-state index contributed by atoms with van der Waals surface area (Å²) in [4.78, 5) is 30.3. The molecule has 3 amide bonds. The molecule has 0 aromatic carbocycles. The van der Waals surface area contributed by atoms with E-state index in [2.05, 4.69) is 15.4 Å².